The van der Waals surface area contributed by atoms with Gasteiger partial charge in [-0.15, -0.1) is 0 Å². The van der Waals surface area contributed by atoms with Gasteiger partial charge in [0, 0.05) is 24.9 Å². The molecule has 2 saturated heterocycles. The topological polar surface area (TPSA) is 40.6 Å². The van der Waals surface area contributed by atoms with E-state index in [9.17, 15) is 9.59 Å². The molecule has 2 aliphatic rings. The van der Waals surface area contributed by atoms with Crippen LogP contribution >= 0.6 is 0 Å². The number of ketones is 1. The second-order valence-corrected chi connectivity index (χ2v) is 6.13. The Hall–Kier alpha value is -0.900. The van der Waals surface area contributed by atoms with E-state index in [0.717, 1.165) is 19.5 Å². The van der Waals surface area contributed by atoms with Crippen molar-refractivity contribution >= 4 is 11.7 Å². The maximum Gasteiger partial charge on any atom is 0.223 e. The smallest absolute Gasteiger partial charge is 0.223 e. The van der Waals surface area contributed by atoms with Crippen LogP contribution in [0.5, 0.6) is 0 Å². The number of hydrogen-bond acceptors (Lipinski definition) is 3. The molecule has 0 N–H and O–H groups in total. The van der Waals surface area contributed by atoms with E-state index in [-0.39, 0.29) is 17.2 Å². The van der Waals surface area contributed by atoms with Crippen LogP contribution in [-0.2, 0) is 9.59 Å². The molecule has 96 valence electrons. The molecule has 4 heteroatoms. The van der Waals surface area contributed by atoms with Gasteiger partial charge in [0.2, 0.25) is 5.91 Å². The fourth-order valence-electron chi connectivity index (χ4n) is 3.00. The van der Waals surface area contributed by atoms with Crippen molar-refractivity contribution < 1.29 is 9.59 Å². The quantitative estimate of drug-likeness (QED) is 0.718. The molecule has 2 aliphatic heterocycles. The average Bonchev–Trinajstić information content (AvgIpc) is 2.69. The molecule has 2 fully saturated rings. The number of likely N-dealkylation sites (tertiary alicyclic amines) is 2. The Morgan fingerprint density at radius 2 is 2.18 bits per heavy atom. The molecular weight excluding hydrogens is 216 g/mol. The third-order valence-electron chi connectivity index (χ3n) is 3.95. The summed E-state index contributed by atoms with van der Waals surface area (Å²) in [4.78, 5) is 27.7. The van der Waals surface area contributed by atoms with E-state index in [1.54, 1.807) is 4.90 Å². The van der Waals surface area contributed by atoms with Gasteiger partial charge in [0.05, 0.1) is 6.54 Å². The summed E-state index contributed by atoms with van der Waals surface area (Å²) < 4.78 is 0. The van der Waals surface area contributed by atoms with E-state index in [4.69, 9.17) is 0 Å². The van der Waals surface area contributed by atoms with Crippen molar-refractivity contribution in [3.05, 3.63) is 0 Å². The summed E-state index contributed by atoms with van der Waals surface area (Å²) in [6.45, 7) is 6.37. The van der Waals surface area contributed by atoms with Gasteiger partial charge in [-0.05, 0) is 39.8 Å². The van der Waals surface area contributed by atoms with E-state index < -0.39 is 0 Å². The van der Waals surface area contributed by atoms with Gasteiger partial charge < -0.3 is 9.80 Å². The van der Waals surface area contributed by atoms with Gasteiger partial charge in [-0.2, -0.15) is 0 Å². The minimum atomic E-state index is -0.279. The summed E-state index contributed by atoms with van der Waals surface area (Å²) in [5.41, 5.74) is -0.279. The highest BCUT2D eigenvalue weighted by molar-refractivity contribution is 5.91. The van der Waals surface area contributed by atoms with Crippen LogP contribution in [0.4, 0.5) is 0 Å². The number of carbonyl (C=O) groups excluding carboxylic acids is 2. The highest BCUT2D eigenvalue weighted by Crippen LogP contribution is 2.28. The molecule has 0 saturated carbocycles. The standard InChI is InChI=1S/C13H22N2O2/c1-13(2)7-11(16)9-15(13)12(17)6-10-4-5-14(3)8-10/h10H,4-9H2,1-3H3. The molecular formula is C13H22N2O2. The zero-order valence-corrected chi connectivity index (χ0v) is 11.0. The molecule has 1 unspecified atom stereocenters. The molecule has 1 amide bonds. The largest absolute Gasteiger partial charge is 0.330 e. The third-order valence-corrected chi connectivity index (χ3v) is 3.95. The number of nitrogens with zero attached hydrogens (tertiary/aromatic N) is 2. The van der Waals surface area contributed by atoms with Crippen molar-refractivity contribution in [2.75, 3.05) is 26.7 Å². The highest BCUT2D eigenvalue weighted by Gasteiger charge is 2.40. The Morgan fingerprint density at radius 3 is 2.65 bits per heavy atom. The first-order valence-electron chi connectivity index (χ1n) is 6.39. The summed E-state index contributed by atoms with van der Waals surface area (Å²) in [5.74, 6) is 0.812. The molecule has 0 bridgehead atoms. The van der Waals surface area contributed by atoms with Crippen LogP contribution in [0.25, 0.3) is 0 Å². The highest BCUT2D eigenvalue weighted by atomic mass is 16.2. The third kappa shape index (κ3) is 2.68. The lowest BCUT2D eigenvalue weighted by atomic mass is 9.99. The van der Waals surface area contributed by atoms with Crippen molar-refractivity contribution in [1.29, 1.82) is 0 Å². The zero-order chi connectivity index (χ0) is 12.6. The maximum atomic E-state index is 12.2. The van der Waals surface area contributed by atoms with E-state index >= 15 is 0 Å². The van der Waals surface area contributed by atoms with E-state index in [1.807, 2.05) is 13.8 Å². The zero-order valence-electron chi connectivity index (χ0n) is 11.0. The van der Waals surface area contributed by atoms with Gasteiger partial charge >= 0.3 is 0 Å². The van der Waals surface area contributed by atoms with Crippen molar-refractivity contribution in [3.8, 4) is 0 Å². The first-order chi connectivity index (χ1) is 7.88. The second-order valence-electron chi connectivity index (χ2n) is 6.13. The average molecular weight is 238 g/mol. The summed E-state index contributed by atoms with van der Waals surface area (Å²) in [5, 5.41) is 0. The van der Waals surface area contributed by atoms with Crippen LogP contribution in [0.1, 0.15) is 33.1 Å². The van der Waals surface area contributed by atoms with Crippen LogP contribution in [0.2, 0.25) is 0 Å². The van der Waals surface area contributed by atoms with Crippen molar-refractivity contribution in [2.45, 2.75) is 38.6 Å². The predicted octanol–water partition coefficient (Wildman–Crippen LogP) is 0.908. The second kappa shape index (κ2) is 4.41. The first kappa shape index (κ1) is 12.6. The molecule has 2 heterocycles. The SMILES string of the molecule is CN1CCC(CC(=O)N2CC(=O)CC2(C)C)C1. The molecule has 1 atom stereocenters. The fraction of sp³-hybridized carbons (Fsp3) is 0.846. The molecule has 0 spiro atoms. The molecule has 0 aromatic carbocycles. The minimum absolute atomic E-state index is 0.154. The number of amides is 1. The molecule has 2 rings (SSSR count). The van der Waals surface area contributed by atoms with Crippen molar-refractivity contribution in [2.24, 2.45) is 5.92 Å². The Kier molecular flexibility index (Phi) is 3.25. The molecule has 0 radical (unpaired) electrons. The summed E-state index contributed by atoms with van der Waals surface area (Å²) >= 11 is 0. The molecule has 0 aromatic rings. The first-order valence-corrected chi connectivity index (χ1v) is 6.39. The van der Waals surface area contributed by atoms with E-state index in [0.29, 0.717) is 25.3 Å². The van der Waals surface area contributed by atoms with Crippen molar-refractivity contribution in [3.63, 3.8) is 0 Å². The van der Waals surface area contributed by atoms with E-state index in [2.05, 4.69) is 11.9 Å². The van der Waals surface area contributed by atoms with E-state index in [1.165, 1.54) is 0 Å². The van der Waals surface area contributed by atoms with Crippen LogP contribution in [0.15, 0.2) is 0 Å². The van der Waals surface area contributed by atoms with Gasteiger partial charge in [0.25, 0.3) is 0 Å². The van der Waals surface area contributed by atoms with Crippen LogP contribution < -0.4 is 0 Å². The van der Waals surface area contributed by atoms with Crippen LogP contribution in [0, 0.1) is 5.92 Å². The minimum Gasteiger partial charge on any atom is -0.330 e. The Bertz CT molecular complexity index is 338. The molecule has 4 nitrogen and oxygen atoms in total. The number of carbonyl (C=O) groups is 2. The number of hydrogen-bond donors (Lipinski definition) is 0. The maximum absolute atomic E-state index is 12.2. The van der Waals surface area contributed by atoms with Crippen molar-refractivity contribution in [1.82, 2.24) is 9.80 Å². The summed E-state index contributed by atoms with van der Waals surface area (Å²) in [7, 11) is 2.09. The molecule has 17 heavy (non-hydrogen) atoms. The van der Waals surface area contributed by atoms with Gasteiger partial charge in [0.1, 0.15) is 0 Å². The number of Topliss-reactive ketones (excluding diaryl/α,β-unsaturated/α-hetero) is 1. The molecule has 0 aromatic heterocycles. The Morgan fingerprint density at radius 1 is 1.47 bits per heavy atom. The van der Waals surface area contributed by atoms with Gasteiger partial charge in [-0.3, -0.25) is 9.59 Å². The van der Waals surface area contributed by atoms with Crippen LogP contribution in [-0.4, -0.2) is 53.7 Å². The predicted molar refractivity (Wildman–Crippen MR) is 65.6 cm³/mol. The normalized spacial score (nSPS) is 29.0. The monoisotopic (exact) mass is 238 g/mol. The lowest BCUT2D eigenvalue weighted by molar-refractivity contribution is -0.136. The lowest BCUT2D eigenvalue weighted by Crippen LogP contribution is -2.43. The van der Waals surface area contributed by atoms with Crippen LogP contribution in [0.3, 0.4) is 0 Å². The van der Waals surface area contributed by atoms with Gasteiger partial charge in [-0.1, -0.05) is 0 Å². The number of rotatable bonds is 2. The van der Waals surface area contributed by atoms with Gasteiger partial charge in [-0.25, -0.2) is 0 Å². The summed E-state index contributed by atoms with van der Waals surface area (Å²) in [6.07, 6.45) is 2.20. The lowest BCUT2D eigenvalue weighted by Gasteiger charge is -2.31. The summed E-state index contributed by atoms with van der Waals surface area (Å²) in [6, 6.07) is 0. The Balaban J connectivity index is 1.94. The Labute approximate surface area is 103 Å². The fourth-order valence-corrected chi connectivity index (χ4v) is 3.00. The molecule has 0 aliphatic carbocycles. The van der Waals surface area contributed by atoms with Gasteiger partial charge in [0.15, 0.2) is 5.78 Å².